The van der Waals surface area contributed by atoms with Crippen LogP contribution in [0.5, 0.6) is 0 Å². The Labute approximate surface area is 95.1 Å². The minimum atomic E-state index is -1.34. The molecule has 0 saturated carbocycles. The first-order chi connectivity index (χ1) is 7.53. The first kappa shape index (κ1) is 11.1. The molecule has 3 heteroatoms. The van der Waals surface area contributed by atoms with Crippen molar-refractivity contribution >= 4 is 5.91 Å². The lowest BCUT2D eigenvalue weighted by Gasteiger charge is -2.45. The summed E-state index contributed by atoms with van der Waals surface area (Å²) >= 11 is 0. The number of hydrogen-bond acceptors (Lipinski definition) is 1. The maximum atomic E-state index is 14.3. The quantitative estimate of drug-likeness (QED) is 0.750. The van der Waals surface area contributed by atoms with Crippen LogP contribution in [0.2, 0.25) is 0 Å². The van der Waals surface area contributed by atoms with Crippen molar-refractivity contribution in [2.24, 2.45) is 5.92 Å². The van der Waals surface area contributed by atoms with Gasteiger partial charge in [-0.05, 0) is 5.56 Å². The van der Waals surface area contributed by atoms with Gasteiger partial charge in [0, 0.05) is 5.92 Å². The minimum Gasteiger partial charge on any atom is -0.335 e. The van der Waals surface area contributed by atoms with Crippen molar-refractivity contribution < 1.29 is 9.18 Å². The zero-order valence-electron chi connectivity index (χ0n) is 9.61. The van der Waals surface area contributed by atoms with Crippen molar-refractivity contribution in [1.82, 2.24) is 4.90 Å². The van der Waals surface area contributed by atoms with Gasteiger partial charge in [-0.15, -0.1) is 0 Å². The van der Waals surface area contributed by atoms with Crippen LogP contribution in [-0.2, 0) is 10.5 Å². The van der Waals surface area contributed by atoms with E-state index in [0.717, 1.165) is 0 Å². The predicted octanol–water partition coefficient (Wildman–Crippen LogP) is 2.35. The molecule has 0 unspecified atom stereocenters. The first-order valence-electron chi connectivity index (χ1n) is 5.56. The van der Waals surface area contributed by atoms with E-state index in [2.05, 4.69) is 0 Å². The standard InChI is InChI=1S/C13H16FNO/c1-10(2)12(16)15-8-13(14,9-15)11-6-4-3-5-7-11/h3-7,10H,8-9H2,1-2H3. The van der Waals surface area contributed by atoms with Crippen molar-refractivity contribution in [2.45, 2.75) is 19.5 Å². The van der Waals surface area contributed by atoms with Gasteiger partial charge < -0.3 is 4.90 Å². The van der Waals surface area contributed by atoms with Crippen molar-refractivity contribution in [3.05, 3.63) is 35.9 Å². The van der Waals surface area contributed by atoms with Gasteiger partial charge in [0.1, 0.15) is 0 Å². The number of carbonyl (C=O) groups excluding carboxylic acids is 1. The number of hydrogen-bond donors (Lipinski definition) is 0. The molecule has 1 heterocycles. The zero-order chi connectivity index (χ0) is 11.8. The van der Waals surface area contributed by atoms with Crippen LogP contribution in [0, 0.1) is 5.92 Å². The van der Waals surface area contributed by atoms with Crippen LogP contribution in [0.25, 0.3) is 0 Å². The summed E-state index contributed by atoms with van der Waals surface area (Å²) in [5, 5.41) is 0. The van der Waals surface area contributed by atoms with E-state index in [-0.39, 0.29) is 24.9 Å². The largest absolute Gasteiger partial charge is 0.335 e. The topological polar surface area (TPSA) is 20.3 Å². The number of benzene rings is 1. The Morgan fingerprint density at radius 3 is 2.38 bits per heavy atom. The Morgan fingerprint density at radius 1 is 1.31 bits per heavy atom. The van der Waals surface area contributed by atoms with Crippen LogP contribution < -0.4 is 0 Å². The molecule has 16 heavy (non-hydrogen) atoms. The molecule has 2 rings (SSSR count). The van der Waals surface area contributed by atoms with Gasteiger partial charge in [0.25, 0.3) is 0 Å². The van der Waals surface area contributed by atoms with E-state index in [9.17, 15) is 9.18 Å². The van der Waals surface area contributed by atoms with Gasteiger partial charge in [-0.2, -0.15) is 0 Å². The molecule has 1 fully saturated rings. The molecule has 2 nitrogen and oxygen atoms in total. The second kappa shape index (κ2) is 3.89. The molecule has 0 bridgehead atoms. The van der Waals surface area contributed by atoms with Crippen LogP contribution in [0.3, 0.4) is 0 Å². The lowest BCUT2D eigenvalue weighted by molar-refractivity contribution is -0.149. The fraction of sp³-hybridized carbons (Fsp3) is 0.462. The fourth-order valence-corrected chi connectivity index (χ4v) is 2.00. The third-order valence-electron chi connectivity index (χ3n) is 2.98. The Morgan fingerprint density at radius 2 is 1.88 bits per heavy atom. The van der Waals surface area contributed by atoms with Crippen LogP contribution in [0.1, 0.15) is 19.4 Å². The highest BCUT2D eigenvalue weighted by Gasteiger charge is 2.47. The number of nitrogens with zero attached hydrogens (tertiary/aromatic N) is 1. The lowest BCUT2D eigenvalue weighted by Crippen LogP contribution is -2.59. The summed E-state index contributed by atoms with van der Waals surface area (Å²) in [5.74, 6) is -0.0236. The van der Waals surface area contributed by atoms with Gasteiger partial charge in [-0.1, -0.05) is 44.2 Å². The van der Waals surface area contributed by atoms with Gasteiger partial charge >= 0.3 is 0 Å². The van der Waals surface area contributed by atoms with Gasteiger partial charge in [-0.3, -0.25) is 4.79 Å². The van der Waals surface area contributed by atoms with Crippen LogP contribution in [-0.4, -0.2) is 23.9 Å². The maximum absolute atomic E-state index is 14.3. The smallest absolute Gasteiger partial charge is 0.225 e. The van der Waals surface area contributed by atoms with E-state index in [1.165, 1.54) is 0 Å². The summed E-state index contributed by atoms with van der Waals surface area (Å²) in [6.45, 7) is 4.05. The lowest BCUT2D eigenvalue weighted by atomic mass is 9.87. The maximum Gasteiger partial charge on any atom is 0.225 e. The van der Waals surface area contributed by atoms with Crippen molar-refractivity contribution in [3.8, 4) is 0 Å². The summed E-state index contributed by atoms with van der Waals surface area (Å²) < 4.78 is 14.3. The molecule has 0 aliphatic carbocycles. The van der Waals surface area contributed by atoms with Crippen LogP contribution in [0.4, 0.5) is 4.39 Å². The molecule has 0 atom stereocenters. The molecule has 1 saturated heterocycles. The Kier molecular flexibility index (Phi) is 2.70. The van der Waals surface area contributed by atoms with Gasteiger partial charge in [0.2, 0.25) is 5.91 Å². The van der Waals surface area contributed by atoms with Crippen molar-refractivity contribution in [2.75, 3.05) is 13.1 Å². The second-order valence-corrected chi connectivity index (χ2v) is 4.68. The molecule has 86 valence electrons. The average Bonchev–Trinajstić information content (AvgIpc) is 2.25. The highest BCUT2D eigenvalue weighted by atomic mass is 19.1. The van der Waals surface area contributed by atoms with Crippen LogP contribution in [0.15, 0.2) is 30.3 Å². The van der Waals surface area contributed by atoms with E-state index in [0.29, 0.717) is 5.56 Å². The number of alkyl halides is 1. The third-order valence-corrected chi connectivity index (χ3v) is 2.98. The van der Waals surface area contributed by atoms with E-state index in [1.807, 2.05) is 32.0 Å². The van der Waals surface area contributed by atoms with Gasteiger partial charge in [-0.25, -0.2) is 4.39 Å². The molecule has 0 spiro atoms. The number of carbonyl (C=O) groups is 1. The van der Waals surface area contributed by atoms with E-state index in [1.54, 1.807) is 17.0 Å². The molecule has 0 N–H and O–H groups in total. The highest BCUT2D eigenvalue weighted by molar-refractivity contribution is 5.79. The predicted molar refractivity (Wildman–Crippen MR) is 60.6 cm³/mol. The van der Waals surface area contributed by atoms with E-state index >= 15 is 0 Å². The summed E-state index contributed by atoms with van der Waals surface area (Å²) in [4.78, 5) is 13.2. The van der Waals surface area contributed by atoms with E-state index < -0.39 is 5.67 Å². The normalized spacial score (nSPS) is 18.4. The van der Waals surface area contributed by atoms with E-state index in [4.69, 9.17) is 0 Å². The molecule has 1 aromatic carbocycles. The second-order valence-electron chi connectivity index (χ2n) is 4.68. The molecule has 1 amide bonds. The first-order valence-corrected chi connectivity index (χ1v) is 5.56. The number of amides is 1. The van der Waals surface area contributed by atoms with Crippen molar-refractivity contribution in [1.29, 1.82) is 0 Å². The molecule has 1 aliphatic heterocycles. The summed E-state index contributed by atoms with van der Waals surface area (Å²) in [7, 11) is 0. The number of likely N-dealkylation sites (tertiary alicyclic amines) is 1. The van der Waals surface area contributed by atoms with Gasteiger partial charge in [0.15, 0.2) is 5.67 Å². The SMILES string of the molecule is CC(C)C(=O)N1CC(F)(c2ccccc2)C1. The van der Waals surface area contributed by atoms with Gasteiger partial charge in [0.05, 0.1) is 13.1 Å². The Balaban J connectivity index is 2.04. The molecular weight excluding hydrogens is 205 g/mol. The van der Waals surface area contributed by atoms with Crippen LogP contribution >= 0.6 is 0 Å². The average molecular weight is 221 g/mol. The van der Waals surface area contributed by atoms with Crippen molar-refractivity contribution in [3.63, 3.8) is 0 Å². The Hall–Kier alpha value is -1.38. The molecule has 1 aromatic rings. The molecule has 0 radical (unpaired) electrons. The Bertz CT molecular complexity index is 382. The zero-order valence-corrected chi connectivity index (χ0v) is 9.61. The highest BCUT2D eigenvalue weighted by Crippen LogP contribution is 2.36. The molecular formula is C13H16FNO. The summed E-state index contributed by atoms with van der Waals surface area (Å²) in [6.07, 6.45) is 0. The summed E-state index contributed by atoms with van der Waals surface area (Å²) in [6, 6.07) is 9.06. The minimum absolute atomic E-state index is 0.0317. The summed E-state index contributed by atoms with van der Waals surface area (Å²) in [5.41, 5.74) is -0.672. The molecule has 0 aromatic heterocycles. The third kappa shape index (κ3) is 1.82. The monoisotopic (exact) mass is 221 g/mol. The number of halogens is 1. The fourth-order valence-electron chi connectivity index (χ4n) is 2.00. The number of rotatable bonds is 2. The molecule has 1 aliphatic rings.